The van der Waals surface area contributed by atoms with E-state index in [4.69, 9.17) is 10.5 Å². The zero-order valence-electron chi connectivity index (χ0n) is 15.4. The quantitative estimate of drug-likeness (QED) is 0.804. The van der Waals surface area contributed by atoms with Crippen LogP contribution in [0.5, 0.6) is 5.75 Å². The van der Waals surface area contributed by atoms with Gasteiger partial charge in [-0.25, -0.2) is 0 Å². The molecule has 1 fully saturated rings. The molecule has 1 saturated carbocycles. The molecule has 2 aromatic carbocycles. The third-order valence-electron chi connectivity index (χ3n) is 5.44. The summed E-state index contributed by atoms with van der Waals surface area (Å²) in [5.41, 5.74) is 10.1. The average molecular weight is 338 g/mol. The first kappa shape index (κ1) is 18.0. The Labute approximate surface area is 151 Å². The molecule has 1 unspecified atom stereocenters. The van der Waals surface area contributed by atoms with Gasteiger partial charge in [0, 0.05) is 23.7 Å². The number of methoxy groups -OCH3 is 1. The van der Waals surface area contributed by atoms with E-state index in [1.165, 1.54) is 30.4 Å². The summed E-state index contributed by atoms with van der Waals surface area (Å²) in [5, 5.41) is 3.64. The van der Waals surface area contributed by atoms with Crippen LogP contribution in [-0.4, -0.2) is 19.2 Å². The minimum atomic E-state index is -0.0240. The summed E-state index contributed by atoms with van der Waals surface area (Å²) in [5.74, 6) is 0.906. The first-order valence-electron chi connectivity index (χ1n) is 9.37. The Kier molecular flexibility index (Phi) is 5.77. The average Bonchev–Trinajstić information content (AvgIpc) is 2.67. The molecule has 3 rings (SSSR count). The Morgan fingerprint density at radius 2 is 1.72 bits per heavy atom. The molecule has 0 saturated heterocycles. The highest BCUT2D eigenvalue weighted by atomic mass is 16.5. The van der Waals surface area contributed by atoms with Crippen molar-refractivity contribution in [1.29, 1.82) is 0 Å². The fourth-order valence-corrected chi connectivity index (χ4v) is 3.74. The molecule has 2 aromatic rings. The number of nitrogens with two attached hydrogens (primary N) is 1. The molecule has 0 bridgehead atoms. The fraction of sp³-hybridized carbons (Fsp3) is 0.455. The van der Waals surface area contributed by atoms with Crippen molar-refractivity contribution < 1.29 is 4.74 Å². The first-order valence-corrected chi connectivity index (χ1v) is 9.37. The van der Waals surface area contributed by atoms with Gasteiger partial charge in [-0.1, -0.05) is 61.7 Å². The van der Waals surface area contributed by atoms with E-state index >= 15 is 0 Å². The zero-order chi connectivity index (χ0) is 17.7. The lowest BCUT2D eigenvalue weighted by atomic mass is 9.82. The summed E-state index contributed by atoms with van der Waals surface area (Å²) in [6, 6.07) is 17.2. The van der Waals surface area contributed by atoms with E-state index in [1.54, 1.807) is 7.11 Å². The van der Waals surface area contributed by atoms with Crippen LogP contribution in [0, 0.1) is 0 Å². The molecule has 0 aromatic heterocycles. The molecular formula is C22H30N2O. The number of hydrogen-bond donors (Lipinski definition) is 2. The van der Waals surface area contributed by atoms with Crippen molar-refractivity contribution in [2.45, 2.75) is 50.6 Å². The highest BCUT2D eigenvalue weighted by molar-refractivity contribution is 5.70. The molecule has 1 aliphatic carbocycles. The smallest absolute Gasteiger partial charge is 0.126 e. The molecule has 0 heterocycles. The van der Waals surface area contributed by atoms with Gasteiger partial charge in [0.15, 0.2) is 0 Å². The Hall–Kier alpha value is -1.84. The van der Waals surface area contributed by atoms with Crippen LogP contribution in [0.15, 0.2) is 48.5 Å². The predicted octanol–water partition coefficient (Wildman–Crippen LogP) is 4.67. The van der Waals surface area contributed by atoms with Crippen molar-refractivity contribution in [1.82, 2.24) is 5.32 Å². The molecule has 0 aliphatic heterocycles. The van der Waals surface area contributed by atoms with Crippen LogP contribution in [0.4, 0.5) is 0 Å². The third kappa shape index (κ3) is 4.42. The Bertz CT molecular complexity index is 675. The summed E-state index contributed by atoms with van der Waals surface area (Å²) < 4.78 is 5.47. The highest BCUT2D eigenvalue weighted by Gasteiger charge is 2.27. The van der Waals surface area contributed by atoms with Crippen LogP contribution in [0.1, 0.15) is 50.6 Å². The summed E-state index contributed by atoms with van der Waals surface area (Å²) in [7, 11) is 1.72. The number of rotatable bonds is 6. The second kappa shape index (κ2) is 8.03. The van der Waals surface area contributed by atoms with Crippen molar-refractivity contribution in [2.75, 3.05) is 13.7 Å². The van der Waals surface area contributed by atoms with Gasteiger partial charge in [-0.05, 0) is 37.0 Å². The Balaban J connectivity index is 1.65. The van der Waals surface area contributed by atoms with Gasteiger partial charge in [0.05, 0.1) is 7.11 Å². The molecule has 25 heavy (non-hydrogen) atoms. The summed E-state index contributed by atoms with van der Waals surface area (Å²) in [4.78, 5) is 0. The van der Waals surface area contributed by atoms with Crippen LogP contribution < -0.4 is 15.8 Å². The second-order valence-corrected chi connectivity index (χ2v) is 7.35. The second-order valence-electron chi connectivity index (χ2n) is 7.35. The number of hydrogen-bond acceptors (Lipinski definition) is 3. The van der Waals surface area contributed by atoms with Gasteiger partial charge in [-0.3, -0.25) is 0 Å². The number of nitrogens with one attached hydrogen (secondary N) is 1. The van der Waals surface area contributed by atoms with Crippen molar-refractivity contribution in [3.63, 3.8) is 0 Å². The van der Waals surface area contributed by atoms with Crippen molar-refractivity contribution >= 4 is 0 Å². The van der Waals surface area contributed by atoms with E-state index in [0.29, 0.717) is 6.04 Å². The van der Waals surface area contributed by atoms with Gasteiger partial charge in [-0.2, -0.15) is 0 Å². The standard InChI is InChI=1S/C22H30N2O/c1-17(24-16-22(23)14-6-3-7-15-22)18-10-12-19(13-11-18)20-8-4-5-9-21(20)25-2/h4-5,8-13,17,24H,3,6-7,14-16,23H2,1-2H3. The Morgan fingerprint density at radius 1 is 1.04 bits per heavy atom. The molecule has 3 N–H and O–H groups in total. The van der Waals surface area contributed by atoms with E-state index in [0.717, 1.165) is 30.7 Å². The van der Waals surface area contributed by atoms with Gasteiger partial charge in [0.2, 0.25) is 0 Å². The molecule has 3 nitrogen and oxygen atoms in total. The van der Waals surface area contributed by atoms with E-state index in [2.05, 4.69) is 42.6 Å². The maximum Gasteiger partial charge on any atom is 0.126 e. The molecule has 3 heteroatoms. The van der Waals surface area contributed by atoms with E-state index in [-0.39, 0.29) is 5.54 Å². The van der Waals surface area contributed by atoms with Crippen LogP contribution in [0.25, 0.3) is 11.1 Å². The maximum atomic E-state index is 6.54. The molecule has 1 atom stereocenters. The largest absolute Gasteiger partial charge is 0.496 e. The van der Waals surface area contributed by atoms with E-state index < -0.39 is 0 Å². The summed E-state index contributed by atoms with van der Waals surface area (Å²) in [6.45, 7) is 3.10. The van der Waals surface area contributed by atoms with E-state index in [1.807, 2.05) is 18.2 Å². The topological polar surface area (TPSA) is 47.3 Å². The molecule has 0 spiro atoms. The van der Waals surface area contributed by atoms with Crippen molar-refractivity contribution in [2.24, 2.45) is 5.73 Å². The monoisotopic (exact) mass is 338 g/mol. The molecule has 0 radical (unpaired) electrons. The normalized spacial score (nSPS) is 17.9. The lowest BCUT2D eigenvalue weighted by Gasteiger charge is -2.34. The number of benzene rings is 2. The van der Waals surface area contributed by atoms with Gasteiger partial charge < -0.3 is 15.8 Å². The van der Waals surface area contributed by atoms with Crippen LogP contribution in [-0.2, 0) is 0 Å². The summed E-state index contributed by atoms with van der Waals surface area (Å²) in [6.07, 6.45) is 6.14. The van der Waals surface area contributed by atoms with Gasteiger partial charge in [-0.15, -0.1) is 0 Å². The zero-order valence-corrected chi connectivity index (χ0v) is 15.4. The van der Waals surface area contributed by atoms with Crippen molar-refractivity contribution in [3.8, 4) is 16.9 Å². The molecule has 0 amide bonds. The molecular weight excluding hydrogens is 308 g/mol. The SMILES string of the molecule is COc1ccccc1-c1ccc(C(C)NCC2(N)CCCCC2)cc1. The Morgan fingerprint density at radius 3 is 2.40 bits per heavy atom. The van der Waals surface area contributed by atoms with Crippen molar-refractivity contribution in [3.05, 3.63) is 54.1 Å². The van der Waals surface area contributed by atoms with Gasteiger partial charge in [0.25, 0.3) is 0 Å². The lowest BCUT2D eigenvalue weighted by molar-refractivity contribution is 0.276. The number of ether oxygens (including phenoxy) is 1. The van der Waals surface area contributed by atoms with Crippen LogP contribution in [0.3, 0.4) is 0 Å². The van der Waals surface area contributed by atoms with Gasteiger partial charge >= 0.3 is 0 Å². The molecule has 134 valence electrons. The highest BCUT2D eigenvalue weighted by Crippen LogP contribution is 2.30. The minimum Gasteiger partial charge on any atom is -0.496 e. The predicted molar refractivity (Wildman–Crippen MR) is 105 cm³/mol. The maximum absolute atomic E-state index is 6.54. The molecule has 1 aliphatic rings. The third-order valence-corrected chi connectivity index (χ3v) is 5.44. The van der Waals surface area contributed by atoms with Gasteiger partial charge in [0.1, 0.15) is 5.75 Å². The minimum absolute atomic E-state index is 0.0240. The lowest BCUT2D eigenvalue weighted by Crippen LogP contribution is -2.50. The first-order chi connectivity index (χ1) is 12.1. The number of para-hydroxylation sites is 1. The van der Waals surface area contributed by atoms with Crippen LogP contribution in [0.2, 0.25) is 0 Å². The summed E-state index contributed by atoms with van der Waals surface area (Å²) >= 11 is 0. The van der Waals surface area contributed by atoms with E-state index in [9.17, 15) is 0 Å². The van der Waals surface area contributed by atoms with Crippen LogP contribution >= 0.6 is 0 Å². The fourth-order valence-electron chi connectivity index (χ4n) is 3.74.